The molecule has 0 unspecified atom stereocenters. The summed E-state index contributed by atoms with van der Waals surface area (Å²) < 4.78 is 10.1. The molecule has 240 valence electrons. The van der Waals surface area contributed by atoms with Gasteiger partial charge in [0.2, 0.25) is 0 Å². The van der Waals surface area contributed by atoms with Crippen LogP contribution in [-0.4, -0.2) is 51.2 Å². The number of nitrogens with one attached hydrogen (secondary N) is 2. The van der Waals surface area contributed by atoms with Gasteiger partial charge < -0.3 is 24.5 Å². The second-order valence-corrected chi connectivity index (χ2v) is 14.9. The van der Waals surface area contributed by atoms with Gasteiger partial charge in [0.1, 0.15) is 5.82 Å². The molecule has 3 aromatic rings. The molecule has 5 heterocycles. The maximum atomic E-state index is 12.1. The first kappa shape index (κ1) is 30.8. The molecule has 3 saturated carbocycles. The average molecular weight is 678 g/mol. The summed E-state index contributed by atoms with van der Waals surface area (Å²) >= 11 is 3.35. The van der Waals surface area contributed by atoms with Crippen LogP contribution < -0.4 is 21.8 Å². The number of rotatable bonds is 9. The molecule has 2 aliphatic heterocycles. The van der Waals surface area contributed by atoms with E-state index < -0.39 is 0 Å². The topological polar surface area (TPSA) is 103 Å². The highest BCUT2D eigenvalue weighted by molar-refractivity contribution is 9.10. The Bertz CT molecular complexity index is 1560. The molecule has 3 aromatic heterocycles. The van der Waals surface area contributed by atoms with E-state index in [2.05, 4.69) is 36.8 Å². The smallest absolute Gasteiger partial charge is 0.250 e. The monoisotopic (exact) mass is 676 g/mol. The van der Waals surface area contributed by atoms with Crippen molar-refractivity contribution in [1.29, 1.82) is 0 Å². The Labute approximate surface area is 273 Å². The minimum absolute atomic E-state index is 0.0632. The van der Waals surface area contributed by atoms with Crippen molar-refractivity contribution < 1.29 is 4.74 Å². The fraction of sp³-hybridized carbons (Fsp3) is 0.600. The van der Waals surface area contributed by atoms with E-state index in [0.29, 0.717) is 18.0 Å². The molecule has 3 aliphatic carbocycles. The quantitative estimate of drug-likeness (QED) is 0.316. The SMILES string of the molecule is O=c1ccc(-c2ccc(N[C@H]3C[C@@H]4CN[C@@H](CC5CCOCC5)[C@H]4C3)nn2)cn1CC1CC1.O=c1ccc(Br)cn1CC1CC1. The van der Waals surface area contributed by atoms with Gasteiger partial charge in [0.25, 0.3) is 11.1 Å². The lowest BCUT2D eigenvalue weighted by atomic mass is 9.85. The first-order valence-corrected chi connectivity index (χ1v) is 17.7. The lowest BCUT2D eigenvalue weighted by Gasteiger charge is -2.27. The van der Waals surface area contributed by atoms with Crippen LogP contribution in [0.5, 0.6) is 0 Å². The zero-order chi connectivity index (χ0) is 30.8. The number of aromatic nitrogens is 4. The maximum Gasteiger partial charge on any atom is 0.250 e. The number of ether oxygens (including phenoxy) is 1. The van der Waals surface area contributed by atoms with Crippen LogP contribution >= 0.6 is 15.9 Å². The van der Waals surface area contributed by atoms with Crippen molar-refractivity contribution in [2.24, 2.45) is 29.6 Å². The lowest BCUT2D eigenvalue weighted by molar-refractivity contribution is 0.0594. The zero-order valence-corrected chi connectivity index (χ0v) is 27.5. The molecule has 0 aromatic carbocycles. The summed E-state index contributed by atoms with van der Waals surface area (Å²) in [7, 11) is 0. The van der Waals surface area contributed by atoms with Crippen molar-refractivity contribution in [3.63, 3.8) is 0 Å². The fourth-order valence-corrected chi connectivity index (χ4v) is 7.84. The van der Waals surface area contributed by atoms with E-state index in [4.69, 9.17) is 4.74 Å². The Balaban J connectivity index is 0.000000227. The van der Waals surface area contributed by atoms with Gasteiger partial charge in [-0.2, -0.15) is 0 Å². The highest BCUT2D eigenvalue weighted by atomic mass is 79.9. The molecular weight excluding hydrogens is 632 g/mol. The van der Waals surface area contributed by atoms with Crippen LogP contribution in [0.4, 0.5) is 5.82 Å². The van der Waals surface area contributed by atoms with Crippen LogP contribution in [-0.2, 0) is 17.8 Å². The third kappa shape index (κ3) is 8.13. The van der Waals surface area contributed by atoms with E-state index >= 15 is 0 Å². The van der Waals surface area contributed by atoms with Crippen LogP contribution in [0.1, 0.15) is 57.8 Å². The number of hydrogen-bond donors (Lipinski definition) is 2. The molecule has 5 fully saturated rings. The molecule has 8 rings (SSSR count). The van der Waals surface area contributed by atoms with Crippen LogP contribution in [0.15, 0.2) is 62.9 Å². The molecule has 0 amide bonds. The van der Waals surface area contributed by atoms with E-state index in [1.807, 2.05) is 35.2 Å². The number of fused-ring (bicyclic) bond motifs is 1. The van der Waals surface area contributed by atoms with Crippen molar-refractivity contribution in [2.75, 3.05) is 25.1 Å². The minimum Gasteiger partial charge on any atom is -0.381 e. The molecule has 0 spiro atoms. The summed E-state index contributed by atoms with van der Waals surface area (Å²) in [5, 5.41) is 16.4. The van der Waals surface area contributed by atoms with Crippen LogP contribution in [0.2, 0.25) is 0 Å². The first-order chi connectivity index (χ1) is 22.0. The summed E-state index contributed by atoms with van der Waals surface area (Å²) in [5.74, 6) is 4.62. The number of anilines is 1. The molecule has 5 aliphatic rings. The van der Waals surface area contributed by atoms with Gasteiger partial charge in [-0.25, -0.2) is 0 Å². The molecule has 0 bridgehead atoms. The van der Waals surface area contributed by atoms with Crippen molar-refractivity contribution in [1.82, 2.24) is 24.6 Å². The van der Waals surface area contributed by atoms with Gasteiger partial charge in [-0.3, -0.25) is 9.59 Å². The number of hydrogen-bond acceptors (Lipinski definition) is 7. The second-order valence-electron chi connectivity index (χ2n) is 14.0. The Morgan fingerprint density at radius 2 is 1.53 bits per heavy atom. The van der Waals surface area contributed by atoms with E-state index in [1.165, 1.54) is 57.8 Å². The lowest BCUT2D eigenvalue weighted by Crippen LogP contribution is -2.33. The second kappa shape index (κ2) is 13.9. The molecule has 4 atom stereocenters. The Kier molecular flexibility index (Phi) is 9.51. The third-order valence-electron chi connectivity index (χ3n) is 10.4. The predicted octanol–water partition coefficient (Wildman–Crippen LogP) is 5.33. The molecule has 9 nitrogen and oxygen atoms in total. The normalized spacial score (nSPS) is 26.2. The van der Waals surface area contributed by atoms with Gasteiger partial charge in [0.05, 0.1) is 5.69 Å². The van der Waals surface area contributed by atoms with Crippen LogP contribution in [0, 0.1) is 29.6 Å². The summed E-state index contributed by atoms with van der Waals surface area (Å²) in [6.07, 6.45) is 15.0. The fourth-order valence-electron chi connectivity index (χ4n) is 7.46. The summed E-state index contributed by atoms with van der Waals surface area (Å²) in [6.45, 7) is 4.72. The standard InChI is InChI=1S/C26H35N5O2.C9H10BrNO/c32-26-6-3-19(16-31(26)15-18-1-2-18)23-4-5-25(30-29-23)28-21-12-20-14-27-24(22(20)13-21)11-17-7-9-33-10-8-17;10-8-3-4-9(12)11(6-8)5-7-1-2-7/h3-6,16-18,20-22,24,27H,1-2,7-15H2,(H,28,30);3-4,6-7H,1-2,5H2/t20-,21+,22+,24+;/m1./s1. The van der Waals surface area contributed by atoms with Crippen molar-refractivity contribution in [3.8, 4) is 11.3 Å². The van der Waals surface area contributed by atoms with Gasteiger partial charge >= 0.3 is 0 Å². The largest absolute Gasteiger partial charge is 0.381 e. The van der Waals surface area contributed by atoms with Crippen LogP contribution in [0.25, 0.3) is 11.3 Å². The highest BCUT2D eigenvalue weighted by Gasteiger charge is 2.43. The van der Waals surface area contributed by atoms with Gasteiger partial charge in [0.15, 0.2) is 0 Å². The highest BCUT2D eigenvalue weighted by Crippen LogP contribution is 2.41. The third-order valence-corrected chi connectivity index (χ3v) is 10.9. The van der Waals surface area contributed by atoms with E-state index in [1.54, 1.807) is 22.8 Å². The van der Waals surface area contributed by atoms with Gasteiger partial charge in [-0.05, 0) is 134 Å². The Morgan fingerprint density at radius 1 is 0.822 bits per heavy atom. The molecule has 2 N–H and O–H groups in total. The summed E-state index contributed by atoms with van der Waals surface area (Å²) in [5.41, 5.74) is 1.93. The van der Waals surface area contributed by atoms with Crippen molar-refractivity contribution >= 4 is 21.7 Å². The molecule has 0 radical (unpaired) electrons. The van der Waals surface area contributed by atoms with Crippen molar-refractivity contribution in [2.45, 2.75) is 83.0 Å². The van der Waals surface area contributed by atoms with Gasteiger partial charge in [-0.15, -0.1) is 10.2 Å². The van der Waals surface area contributed by atoms with Crippen molar-refractivity contribution in [3.05, 3.63) is 74.0 Å². The summed E-state index contributed by atoms with van der Waals surface area (Å²) in [4.78, 5) is 23.4. The van der Waals surface area contributed by atoms with Crippen LogP contribution in [0.3, 0.4) is 0 Å². The number of halogens is 1. The molecule has 45 heavy (non-hydrogen) atoms. The van der Waals surface area contributed by atoms with E-state index in [-0.39, 0.29) is 11.1 Å². The van der Waals surface area contributed by atoms with E-state index in [0.717, 1.165) is 78.1 Å². The molecule has 2 saturated heterocycles. The minimum atomic E-state index is 0.0632. The first-order valence-electron chi connectivity index (χ1n) is 16.9. The number of nitrogens with zero attached hydrogens (tertiary/aromatic N) is 4. The maximum absolute atomic E-state index is 12.1. The van der Waals surface area contributed by atoms with Gasteiger partial charge in [0, 0.05) is 72.9 Å². The average Bonchev–Trinajstić information content (AvgIpc) is 3.97. The summed E-state index contributed by atoms with van der Waals surface area (Å²) in [6, 6.07) is 12.1. The Morgan fingerprint density at radius 3 is 2.22 bits per heavy atom. The zero-order valence-electron chi connectivity index (χ0n) is 26.0. The molecular formula is C35H45BrN6O3. The number of pyridine rings is 2. The Hall–Kier alpha value is -2.82. The predicted molar refractivity (Wildman–Crippen MR) is 179 cm³/mol. The molecule has 10 heteroatoms. The van der Waals surface area contributed by atoms with Gasteiger partial charge in [-0.1, -0.05) is 0 Å². The van der Waals surface area contributed by atoms with E-state index in [9.17, 15) is 9.59 Å².